The zero-order valence-corrected chi connectivity index (χ0v) is 14.7. The number of amides is 1. The molecule has 0 radical (unpaired) electrons. The van der Waals surface area contributed by atoms with Gasteiger partial charge in [-0.3, -0.25) is 4.79 Å². The third-order valence-corrected chi connectivity index (χ3v) is 4.74. The van der Waals surface area contributed by atoms with Crippen molar-refractivity contribution >= 4 is 17.7 Å². The average Bonchev–Trinajstić information content (AvgIpc) is 3.06. The van der Waals surface area contributed by atoms with Crippen molar-refractivity contribution in [2.75, 3.05) is 5.75 Å². The molecule has 3 rings (SSSR count). The number of carbonyl (C=O) groups is 1. The van der Waals surface area contributed by atoms with Crippen LogP contribution in [0.3, 0.4) is 0 Å². The Kier molecular flexibility index (Phi) is 5.79. The first-order valence-electron chi connectivity index (χ1n) is 7.96. The molecule has 0 bridgehead atoms. The number of tetrazole rings is 1. The van der Waals surface area contributed by atoms with Crippen LogP contribution < -0.4 is 5.32 Å². The van der Waals surface area contributed by atoms with Gasteiger partial charge in [-0.05, 0) is 28.0 Å². The van der Waals surface area contributed by atoms with Crippen LogP contribution in [-0.2, 0) is 18.3 Å². The third-order valence-electron chi connectivity index (χ3n) is 3.73. The number of aromatic nitrogens is 4. The van der Waals surface area contributed by atoms with Gasteiger partial charge in [-0.15, -0.1) is 5.10 Å². The van der Waals surface area contributed by atoms with E-state index in [1.54, 1.807) is 11.7 Å². The predicted molar refractivity (Wildman–Crippen MR) is 97.0 cm³/mol. The van der Waals surface area contributed by atoms with Crippen molar-refractivity contribution in [3.8, 4) is 0 Å². The summed E-state index contributed by atoms with van der Waals surface area (Å²) in [7, 11) is 1.75. The number of nitrogens with zero attached hydrogens (tertiary/aromatic N) is 4. The summed E-state index contributed by atoms with van der Waals surface area (Å²) in [5.41, 5.74) is 2.27. The van der Waals surface area contributed by atoms with Gasteiger partial charge in [0.2, 0.25) is 11.1 Å². The molecule has 0 fully saturated rings. The van der Waals surface area contributed by atoms with E-state index in [0.29, 0.717) is 5.16 Å². The summed E-state index contributed by atoms with van der Waals surface area (Å²) in [5.74, 6) is 0.226. The number of hydrogen-bond donors (Lipinski definition) is 1. The summed E-state index contributed by atoms with van der Waals surface area (Å²) in [6.45, 7) is 0. The van der Waals surface area contributed by atoms with Gasteiger partial charge in [0.1, 0.15) is 0 Å². The van der Waals surface area contributed by atoms with Crippen LogP contribution in [0.2, 0.25) is 0 Å². The maximum Gasteiger partial charge on any atom is 0.230 e. The minimum Gasteiger partial charge on any atom is -0.348 e. The second kappa shape index (κ2) is 8.43. The molecule has 1 heterocycles. The van der Waals surface area contributed by atoms with Crippen molar-refractivity contribution in [2.24, 2.45) is 7.05 Å². The second-order valence-electron chi connectivity index (χ2n) is 5.59. The molecule has 0 spiro atoms. The van der Waals surface area contributed by atoms with Crippen molar-refractivity contribution in [3.05, 3.63) is 71.8 Å². The van der Waals surface area contributed by atoms with E-state index in [0.717, 1.165) is 12.0 Å². The van der Waals surface area contributed by atoms with E-state index in [4.69, 9.17) is 0 Å². The van der Waals surface area contributed by atoms with Gasteiger partial charge >= 0.3 is 0 Å². The lowest BCUT2D eigenvalue weighted by Crippen LogP contribution is -2.31. The predicted octanol–water partition coefficient (Wildman–Crippen LogP) is 2.40. The van der Waals surface area contributed by atoms with Gasteiger partial charge in [-0.25, -0.2) is 4.68 Å². The number of hydrogen-bond acceptors (Lipinski definition) is 5. The van der Waals surface area contributed by atoms with E-state index in [1.807, 2.05) is 48.5 Å². The Morgan fingerprint density at radius 1 is 1.12 bits per heavy atom. The minimum atomic E-state index is -0.0747. The highest BCUT2D eigenvalue weighted by atomic mass is 32.2. The van der Waals surface area contributed by atoms with E-state index in [9.17, 15) is 4.79 Å². The van der Waals surface area contributed by atoms with E-state index in [1.165, 1.54) is 17.3 Å². The van der Waals surface area contributed by atoms with Crippen LogP contribution in [-0.4, -0.2) is 31.9 Å². The summed E-state index contributed by atoms with van der Waals surface area (Å²) >= 11 is 1.32. The standard InChI is InChI=1S/C18H19N5OS/c1-23-18(20-21-22-23)25-13-17(24)19-16(15-10-6-3-7-11-15)12-14-8-4-2-5-9-14/h2-11,16H,12-13H2,1H3,(H,19,24)/t16-/m0/s1. The molecule has 1 atom stereocenters. The summed E-state index contributed by atoms with van der Waals surface area (Å²) in [4.78, 5) is 12.4. The van der Waals surface area contributed by atoms with E-state index < -0.39 is 0 Å². The first-order valence-corrected chi connectivity index (χ1v) is 8.94. The molecule has 1 N–H and O–H groups in total. The molecule has 1 amide bonds. The highest BCUT2D eigenvalue weighted by molar-refractivity contribution is 7.99. The summed E-state index contributed by atoms with van der Waals surface area (Å²) < 4.78 is 1.55. The van der Waals surface area contributed by atoms with Crippen LogP contribution in [0.25, 0.3) is 0 Å². The van der Waals surface area contributed by atoms with Crippen molar-refractivity contribution in [1.82, 2.24) is 25.5 Å². The molecule has 6 nitrogen and oxygen atoms in total. The number of aryl methyl sites for hydroxylation is 1. The average molecular weight is 353 g/mol. The molecule has 0 unspecified atom stereocenters. The lowest BCUT2D eigenvalue weighted by Gasteiger charge is -2.19. The summed E-state index contributed by atoms with van der Waals surface area (Å²) in [6, 6.07) is 20.1. The fraction of sp³-hybridized carbons (Fsp3) is 0.222. The lowest BCUT2D eigenvalue weighted by molar-refractivity contribution is -0.119. The topological polar surface area (TPSA) is 72.7 Å². The van der Waals surface area contributed by atoms with Gasteiger partial charge in [0.25, 0.3) is 0 Å². The Balaban J connectivity index is 1.66. The third kappa shape index (κ3) is 4.90. The zero-order valence-electron chi connectivity index (χ0n) is 13.9. The SMILES string of the molecule is Cn1nnnc1SCC(=O)N[C@@H](Cc1ccccc1)c1ccccc1. The molecular formula is C18H19N5OS. The molecule has 0 aliphatic carbocycles. The Bertz CT molecular complexity index is 807. The molecular weight excluding hydrogens is 334 g/mol. The normalized spacial score (nSPS) is 11.9. The Morgan fingerprint density at radius 2 is 1.80 bits per heavy atom. The number of carbonyl (C=O) groups excluding carboxylic acids is 1. The maximum absolute atomic E-state index is 12.4. The molecule has 0 saturated heterocycles. The Labute approximate surface area is 150 Å². The maximum atomic E-state index is 12.4. The molecule has 0 aliphatic rings. The lowest BCUT2D eigenvalue weighted by atomic mass is 9.99. The van der Waals surface area contributed by atoms with Gasteiger partial charge in [-0.1, -0.05) is 72.4 Å². The summed E-state index contributed by atoms with van der Waals surface area (Å²) in [6.07, 6.45) is 0.743. The van der Waals surface area contributed by atoms with Gasteiger partial charge < -0.3 is 5.32 Å². The molecule has 0 aliphatic heterocycles. The number of benzene rings is 2. The highest BCUT2D eigenvalue weighted by Crippen LogP contribution is 2.19. The fourth-order valence-corrected chi connectivity index (χ4v) is 3.16. The van der Waals surface area contributed by atoms with Crippen LogP contribution in [0.5, 0.6) is 0 Å². The monoisotopic (exact) mass is 353 g/mol. The van der Waals surface area contributed by atoms with Crippen molar-refractivity contribution in [1.29, 1.82) is 0 Å². The first-order chi connectivity index (χ1) is 12.2. The molecule has 0 saturated carbocycles. The van der Waals surface area contributed by atoms with E-state index in [-0.39, 0.29) is 17.7 Å². The number of rotatable bonds is 7. The van der Waals surface area contributed by atoms with Crippen LogP contribution in [0.4, 0.5) is 0 Å². The van der Waals surface area contributed by atoms with Gasteiger partial charge in [0.05, 0.1) is 11.8 Å². The van der Waals surface area contributed by atoms with Gasteiger partial charge in [-0.2, -0.15) is 0 Å². The van der Waals surface area contributed by atoms with Crippen molar-refractivity contribution in [2.45, 2.75) is 17.6 Å². The van der Waals surface area contributed by atoms with E-state index in [2.05, 4.69) is 33.0 Å². The molecule has 1 aromatic heterocycles. The number of thioether (sulfide) groups is 1. The van der Waals surface area contributed by atoms with Crippen LogP contribution in [0.1, 0.15) is 17.2 Å². The van der Waals surface area contributed by atoms with Gasteiger partial charge in [0, 0.05) is 7.05 Å². The van der Waals surface area contributed by atoms with Gasteiger partial charge in [0.15, 0.2) is 0 Å². The molecule has 7 heteroatoms. The first kappa shape index (κ1) is 17.2. The van der Waals surface area contributed by atoms with Crippen LogP contribution >= 0.6 is 11.8 Å². The number of nitrogens with one attached hydrogen (secondary N) is 1. The van der Waals surface area contributed by atoms with Crippen LogP contribution in [0, 0.1) is 0 Å². The van der Waals surface area contributed by atoms with E-state index >= 15 is 0 Å². The Hall–Kier alpha value is -2.67. The van der Waals surface area contributed by atoms with Crippen molar-refractivity contribution < 1.29 is 4.79 Å². The van der Waals surface area contributed by atoms with Crippen molar-refractivity contribution in [3.63, 3.8) is 0 Å². The molecule has 3 aromatic rings. The second-order valence-corrected chi connectivity index (χ2v) is 6.54. The fourth-order valence-electron chi connectivity index (χ4n) is 2.50. The molecule has 2 aromatic carbocycles. The largest absolute Gasteiger partial charge is 0.348 e. The zero-order chi connectivity index (χ0) is 17.5. The minimum absolute atomic E-state index is 0.0437. The molecule has 128 valence electrons. The highest BCUT2D eigenvalue weighted by Gasteiger charge is 2.16. The smallest absolute Gasteiger partial charge is 0.230 e. The quantitative estimate of drug-likeness (QED) is 0.660. The Morgan fingerprint density at radius 3 is 2.44 bits per heavy atom. The summed E-state index contributed by atoms with van der Waals surface area (Å²) in [5, 5.41) is 15.0. The van der Waals surface area contributed by atoms with Crippen LogP contribution in [0.15, 0.2) is 65.8 Å². The molecule has 25 heavy (non-hydrogen) atoms.